The number of halogens is 3. The fraction of sp³-hybridized carbons (Fsp3) is 0.355. The average Bonchev–Trinajstić information content (AvgIpc) is 2.97. The molecule has 0 aliphatic heterocycles. The van der Waals surface area contributed by atoms with Crippen molar-refractivity contribution in [1.82, 2.24) is 10.2 Å². The van der Waals surface area contributed by atoms with Gasteiger partial charge in [0.25, 0.3) is 10.0 Å². The zero-order valence-corrected chi connectivity index (χ0v) is 26.6. The molecule has 0 bridgehead atoms. The zero-order chi connectivity index (χ0) is 30.4. The Morgan fingerprint density at radius 3 is 2.26 bits per heavy atom. The molecule has 1 fully saturated rings. The molecule has 0 heterocycles. The number of aryl methyl sites for hydroxylation is 1. The van der Waals surface area contributed by atoms with Crippen molar-refractivity contribution in [3.05, 3.63) is 92.9 Å². The summed E-state index contributed by atoms with van der Waals surface area (Å²) in [6.07, 6.45) is 4.97. The van der Waals surface area contributed by atoms with Crippen LogP contribution in [0, 0.1) is 6.92 Å². The van der Waals surface area contributed by atoms with Crippen molar-refractivity contribution in [2.24, 2.45) is 0 Å². The van der Waals surface area contributed by atoms with Crippen molar-refractivity contribution >= 4 is 62.3 Å². The summed E-state index contributed by atoms with van der Waals surface area (Å²) in [5, 5.41) is 3.86. The van der Waals surface area contributed by atoms with Crippen LogP contribution in [0.5, 0.6) is 0 Å². The van der Waals surface area contributed by atoms with Gasteiger partial charge in [-0.05, 0) is 68.7 Å². The standard InChI is InChI=1S/C31H34Cl3N3O4S/c1-21-12-15-26(16-13-21)42(40,41)37(29-18-24(32)14-17-28(29)34)20-30(38)36(19-23-8-6-7-11-27(23)33)22(2)31(39)35-25-9-4-3-5-10-25/h6-8,11-18,22,25H,3-5,9-10,19-20H2,1-2H3,(H,35,39)/t22-/m1/s1. The maximum atomic E-state index is 14.1. The summed E-state index contributed by atoms with van der Waals surface area (Å²) in [6.45, 7) is 2.86. The summed E-state index contributed by atoms with van der Waals surface area (Å²) in [4.78, 5) is 28.9. The molecule has 0 spiro atoms. The summed E-state index contributed by atoms with van der Waals surface area (Å²) in [5.41, 5.74) is 1.55. The van der Waals surface area contributed by atoms with Gasteiger partial charge < -0.3 is 10.2 Å². The Morgan fingerprint density at radius 1 is 0.929 bits per heavy atom. The lowest BCUT2D eigenvalue weighted by Gasteiger charge is -2.33. The second-order valence-corrected chi connectivity index (χ2v) is 13.7. The predicted molar refractivity (Wildman–Crippen MR) is 169 cm³/mol. The number of carbonyl (C=O) groups is 2. The SMILES string of the molecule is Cc1ccc(S(=O)(=O)N(CC(=O)N(Cc2ccccc2Cl)[C@H](C)C(=O)NC2CCCCC2)c2cc(Cl)ccc2Cl)cc1. The van der Waals surface area contributed by atoms with E-state index in [1.807, 2.05) is 6.92 Å². The van der Waals surface area contributed by atoms with E-state index in [1.165, 1.54) is 35.2 Å². The van der Waals surface area contributed by atoms with Crippen molar-refractivity contribution in [3.8, 4) is 0 Å². The third-order valence-corrected chi connectivity index (χ3v) is 10.2. The van der Waals surface area contributed by atoms with Crippen LogP contribution in [0.25, 0.3) is 0 Å². The lowest BCUT2D eigenvalue weighted by atomic mass is 9.95. The summed E-state index contributed by atoms with van der Waals surface area (Å²) >= 11 is 19.2. The van der Waals surface area contributed by atoms with Crippen LogP contribution in [-0.4, -0.2) is 43.8 Å². The van der Waals surface area contributed by atoms with Crippen LogP contribution in [-0.2, 0) is 26.2 Å². The number of benzene rings is 3. The van der Waals surface area contributed by atoms with Gasteiger partial charge in [-0.1, -0.05) is 90.0 Å². The largest absolute Gasteiger partial charge is 0.352 e. The van der Waals surface area contributed by atoms with Gasteiger partial charge in [-0.2, -0.15) is 0 Å². The summed E-state index contributed by atoms with van der Waals surface area (Å²) in [7, 11) is -4.27. The lowest BCUT2D eigenvalue weighted by molar-refractivity contribution is -0.139. The van der Waals surface area contributed by atoms with Crippen LogP contribution in [0.3, 0.4) is 0 Å². The molecule has 1 saturated carbocycles. The molecular weight excluding hydrogens is 617 g/mol. The molecule has 3 aromatic rings. The van der Waals surface area contributed by atoms with Crippen LogP contribution >= 0.6 is 34.8 Å². The first-order chi connectivity index (χ1) is 20.0. The van der Waals surface area contributed by atoms with E-state index >= 15 is 0 Å². The highest BCUT2D eigenvalue weighted by Crippen LogP contribution is 2.33. The zero-order valence-electron chi connectivity index (χ0n) is 23.5. The van der Waals surface area contributed by atoms with E-state index in [-0.39, 0.29) is 39.1 Å². The normalized spacial score (nSPS) is 14.7. The molecule has 1 N–H and O–H groups in total. The van der Waals surface area contributed by atoms with Gasteiger partial charge >= 0.3 is 0 Å². The van der Waals surface area contributed by atoms with Crippen molar-refractivity contribution in [2.45, 2.75) is 69.5 Å². The number of carbonyl (C=O) groups excluding carboxylic acids is 2. The van der Waals surface area contributed by atoms with E-state index in [1.54, 1.807) is 43.3 Å². The van der Waals surface area contributed by atoms with Crippen molar-refractivity contribution in [1.29, 1.82) is 0 Å². The monoisotopic (exact) mass is 649 g/mol. The van der Waals surface area contributed by atoms with Gasteiger partial charge in [0.1, 0.15) is 12.6 Å². The molecule has 42 heavy (non-hydrogen) atoms. The molecule has 1 aliphatic carbocycles. The molecule has 0 saturated heterocycles. The number of anilines is 1. The van der Waals surface area contributed by atoms with Gasteiger partial charge in [0.2, 0.25) is 11.8 Å². The fourth-order valence-electron chi connectivity index (χ4n) is 4.99. The highest BCUT2D eigenvalue weighted by Gasteiger charge is 2.34. The number of rotatable bonds is 10. The maximum absolute atomic E-state index is 14.1. The van der Waals surface area contributed by atoms with Crippen LogP contribution in [0.1, 0.15) is 50.2 Å². The minimum absolute atomic E-state index is 0.000538. The summed E-state index contributed by atoms with van der Waals surface area (Å²) < 4.78 is 28.9. The van der Waals surface area contributed by atoms with Crippen molar-refractivity contribution in [3.63, 3.8) is 0 Å². The van der Waals surface area contributed by atoms with E-state index in [2.05, 4.69) is 5.32 Å². The highest BCUT2D eigenvalue weighted by atomic mass is 35.5. The van der Waals surface area contributed by atoms with E-state index < -0.39 is 28.5 Å². The topological polar surface area (TPSA) is 86.8 Å². The summed E-state index contributed by atoms with van der Waals surface area (Å²) in [6, 6.07) is 16.9. The second kappa shape index (κ2) is 14.1. The Kier molecular flexibility index (Phi) is 10.8. The van der Waals surface area contributed by atoms with Crippen LogP contribution in [0.2, 0.25) is 15.1 Å². The molecule has 0 radical (unpaired) electrons. The number of nitrogens with zero attached hydrogens (tertiary/aromatic N) is 2. The molecule has 0 unspecified atom stereocenters. The Hall–Kier alpha value is -2.78. The molecule has 1 aliphatic rings. The first kappa shape index (κ1) is 32.1. The number of nitrogens with one attached hydrogen (secondary N) is 1. The van der Waals surface area contributed by atoms with E-state index in [9.17, 15) is 18.0 Å². The van der Waals surface area contributed by atoms with E-state index in [0.717, 1.165) is 42.0 Å². The third kappa shape index (κ3) is 7.78. The van der Waals surface area contributed by atoms with Gasteiger partial charge in [-0.15, -0.1) is 0 Å². The van der Waals surface area contributed by atoms with Gasteiger partial charge in [-0.25, -0.2) is 8.42 Å². The molecule has 3 aromatic carbocycles. The highest BCUT2D eigenvalue weighted by molar-refractivity contribution is 7.92. The Labute approximate surface area is 262 Å². The average molecular weight is 651 g/mol. The number of hydrogen-bond donors (Lipinski definition) is 1. The lowest BCUT2D eigenvalue weighted by Crippen LogP contribution is -2.53. The van der Waals surface area contributed by atoms with E-state index in [0.29, 0.717) is 10.6 Å². The molecule has 4 rings (SSSR count). The van der Waals surface area contributed by atoms with Crippen LogP contribution in [0.4, 0.5) is 5.69 Å². The van der Waals surface area contributed by atoms with Crippen molar-refractivity contribution in [2.75, 3.05) is 10.8 Å². The fourth-order valence-corrected chi connectivity index (χ4v) is 7.05. The molecule has 11 heteroatoms. The molecule has 224 valence electrons. The minimum Gasteiger partial charge on any atom is -0.352 e. The van der Waals surface area contributed by atoms with E-state index in [4.69, 9.17) is 34.8 Å². The van der Waals surface area contributed by atoms with Gasteiger partial charge in [0, 0.05) is 22.6 Å². The quantitative estimate of drug-likeness (QED) is 0.256. The summed E-state index contributed by atoms with van der Waals surface area (Å²) in [5.74, 6) is -0.913. The molecule has 0 aromatic heterocycles. The number of sulfonamides is 1. The smallest absolute Gasteiger partial charge is 0.264 e. The predicted octanol–water partition coefficient (Wildman–Crippen LogP) is 7.02. The Bertz CT molecular complexity index is 1530. The Morgan fingerprint density at radius 2 is 1.60 bits per heavy atom. The number of hydrogen-bond acceptors (Lipinski definition) is 4. The third-order valence-electron chi connectivity index (χ3n) is 7.48. The van der Waals surface area contributed by atoms with Gasteiger partial charge in [0.05, 0.1) is 15.6 Å². The first-order valence-electron chi connectivity index (χ1n) is 13.8. The Balaban J connectivity index is 1.72. The molecule has 1 atom stereocenters. The van der Waals surface area contributed by atoms with Gasteiger partial charge in [-0.3, -0.25) is 13.9 Å². The van der Waals surface area contributed by atoms with Crippen LogP contribution in [0.15, 0.2) is 71.6 Å². The molecular formula is C31H34Cl3N3O4S. The maximum Gasteiger partial charge on any atom is 0.264 e. The second-order valence-electron chi connectivity index (χ2n) is 10.6. The number of amides is 2. The molecule has 2 amide bonds. The van der Waals surface area contributed by atoms with Gasteiger partial charge in [0.15, 0.2) is 0 Å². The van der Waals surface area contributed by atoms with Crippen LogP contribution < -0.4 is 9.62 Å². The first-order valence-corrected chi connectivity index (χ1v) is 16.4. The molecule has 7 nitrogen and oxygen atoms in total. The van der Waals surface area contributed by atoms with Crippen molar-refractivity contribution < 1.29 is 18.0 Å². The minimum atomic E-state index is -4.27.